The van der Waals surface area contributed by atoms with Gasteiger partial charge < -0.3 is 30.3 Å². The van der Waals surface area contributed by atoms with E-state index in [-0.39, 0.29) is 13.2 Å². The third-order valence-corrected chi connectivity index (χ3v) is 2.79. The van der Waals surface area contributed by atoms with Crippen molar-refractivity contribution in [3.8, 4) is 0 Å². The zero-order valence-corrected chi connectivity index (χ0v) is 11.5. The van der Waals surface area contributed by atoms with Crippen LogP contribution in [0.4, 0.5) is 0 Å². The average molecular weight is 264 g/mol. The monoisotopic (exact) mass is 264 g/mol. The first-order valence-corrected chi connectivity index (χ1v) is 6.60. The molecule has 0 aliphatic carbocycles. The molecule has 0 aromatic heterocycles. The second-order valence-electron chi connectivity index (χ2n) is 4.05. The van der Waals surface area contributed by atoms with Crippen LogP contribution in [0, 0.1) is 0 Å². The number of ether oxygens (including phenoxy) is 2. The van der Waals surface area contributed by atoms with Crippen LogP contribution in [0.25, 0.3) is 0 Å². The van der Waals surface area contributed by atoms with Gasteiger partial charge in [-0.3, -0.25) is 0 Å². The number of nitrogens with zero attached hydrogens (tertiary/aromatic N) is 1. The Hall–Kier alpha value is -0.240. The van der Waals surface area contributed by atoms with Gasteiger partial charge in [0.25, 0.3) is 0 Å². The summed E-state index contributed by atoms with van der Waals surface area (Å²) in [6.07, 6.45) is -1.42. The molecule has 0 saturated heterocycles. The highest BCUT2D eigenvalue weighted by Crippen LogP contribution is 2.01. The molecular formula is C12H28N2O4. The molecule has 0 rings (SSSR count). The summed E-state index contributed by atoms with van der Waals surface area (Å²) in [5, 5.41) is 18.9. The van der Waals surface area contributed by atoms with Gasteiger partial charge in [-0.1, -0.05) is 13.8 Å². The van der Waals surface area contributed by atoms with E-state index in [1.807, 2.05) is 0 Å². The van der Waals surface area contributed by atoms with Crippen LogP contribution < -0.4 is 5.73 Å². The van der Waals surface area contributed by atoms with Gasteiger partial charge in [0.05, 0.1) is 26.4 Å². The summed E-state index contributed by atoms with van der Waals surface area (Å²) >= 11 is 0. The normalized spacial score (nSPS) is 15.0. The van der Waals surface area contributed by atoms with Crippen LogP contribution in [0.3, 0.4) is 0 Å². The van der Waals surface area contributed by atoms with Crippen molar-refractivity contribution in [3.63, 3.8) is 0 Å². The van der Waals surface area contributed by atoms with E-state index in [1.54, 1.807) is 0 Å². The number of rotatable bonds is 12. The van der Waals surface area contributed by atoms with E-state index in [2.05, 4.69) is 18.7 Å². The first kappa shape index (κ1) is 17.8. The molecule has 0 aliphatic heterocycles. The molecule has 4 N–H and O–H groups in total. The van der Waals surface area contributed by atoms with E-state index >= 15 is 0 Å². The van der Waals surface area contributed by atoms with Crippen molar-refractivity contribution in [1.82, 2.24) is 4.90 Å². The van der Waals surface area contributed by atoms with Crippen LogP contribution in [0.5, 0.6) is 0 Å². The fourth-order valence-corrected chi connectivity index (χ4v) is 1.55. The smallest absolute Gasteiger partial charge is 0.109 e. The zero-order valence-electron chi connectivity index (χ0n) is 11.5. The Morgan fingerprint density at radius 3 is 2.39 bits per heavy atom. The van der Waals surface area contributed by atoms with Gasteiger partial charge in [-0.2, -0.15) is 0 Å². The molecule has 18 heavy (non-hydrogen) atoms. The Kier molecular flexibility index (Phi) is 11.7. The Bertz CT molecular complexity index is 179. The van der Waals surface area contributed by atoms with Crippen molar-refractivity contribution < 1.29 is 19.7 Å². The number of nitrogens with two attached hydrogens (primary N) is 1. The molecule has 0 aliphatic rings. The molecule has 0 aromatic carbocycles. The van der Waals surface area contributed by atoms with E-state index in [4.69, 9.17) is 20.3 Å². The molecule has 0 heterocycles. The largest absolute Gasteiger partial charge is 0.394 e. The Morgan fingerprint density at radius 2 is 1.89 bits per heavy atom. The number of aliphatic hydroxyl groups is 2. The second-order valence-corrected chi connectivity index (χ2v) is 4.05. The van der Waals surface area contributed by atoms with Gasteiger partial charge in [0, 0.05) is 13.1 Å². The SMILES string of the molecule is CCN(CC)CCOC(CO)C(O)COCCN. The second kappa shape index (κ2) is 11.8. The maximum absolute atomic E-state index is 9.75. The highest BCUT2D eigenvalue weighted by molar-refractivity contribution is 4.68. The standard InChI is InChI=1S/C12H28N2O4/c1-3-14(4-2)6-8-18-12(9-15)11(16)10-17-7-5-13/h11-12,15-16H,3-10,13H2,1-2H3. The quantitative estimate of drug-likeness (QED) is 0.394. The van der Waals surface area contributed by atoms with Gasteiger partial charge in [0.2, 0.25) is 0 Å². The van der Waals surface area contributed by atoms with Gasteiger partial charge >= 0.3 is 0 Å². The molecule has 0 radical (unpaired) electrons. The molecule has 2 atom stereocenters. The van der Waals surface area contributed by atoms with Crippen LogP contribution in [0.15, 0.2) is 0 Å². The van der Waals surface area contributed by atoms with Gasteiger partial charge in [0.15, 0.2) is 0 Å². The minimum Gasteiger partial charge on any atom is -0.394 e. The zero-order chi connectivity index (χ0) is 13.8. The number of likely N-dealkylation sites (N-methyl/N-ethyl adjacent to an activating group) is 1. The topological polar surface area (TPSA) is 88.2 Å². The minimum absolute atomic E-state index is 0.133. The summed E-state index contributed by atoms with van der Waals surface area (Å²) in [5.41, 5.74) is 5.27. The molecule has 0 aromatic rings. The van der Waals surface area contributed by atoms with Gasteiger partial charge in [-0.05, 0) is 13.1 Å². The first-order chi connectivity index (χ1) is 8.69. The predicted molar refractivity (Wildman–Crippen MR) is 70.5 cm³/mol. The third-order valence-electron chi connectivity index (χ3n) is 2.79. The maximum Gasteiger partial charge on any atom is 0.109 e. The van der Waals surface area contributed by atoms with Crippen molar-refractivity contribution >= 4 is 0 Å². The van der Waals surface area contributed by atoms with Crippen molar-refractivity contribution in [2.24, 2.45) is 5.73 Å². The Morgan fingerprint density at radius 1 is 1.22 bits per heavy atom. The van der Waals surface area contributed by atoms with Crippen LogP contribution in [0.1, 0.15) is 13.8 Å². The average Bonchev–Trinajstić information content (AvgIpc) is 2.39. The number of hydrogen-bond donors (Lipinski definition) is 3. The van der Waals surface area contributed by atoms with E-state index in [0.717, 1.165) is 19.6 Å². The lowest BCUT2D eigenvalue weighted by Crippen LogP contribution is -2.38. The van der Waals surface area contributed by atoms with Crippen molar-refractivity contribution in [3.05, 3.63) is 0 Å². The summed E-state index contributed by atoms with van der Waals surface area (Å²) in [5.74, 6) is 0. The molecule has 0 bridgehead atoms. The van der Waals surface area contributed by atoms with Gasteiger partial charge in [0.1, 0.15) is 12.2 Å². The summed E-state index contributed by atoms with van der Waals surface area (Å²) in [6.45, 7) is 8.11. The summed E-state index contributed by atoms with van der Waals surface area (Å²) in [4.78, 5) is 2.21. The van der Waals surface area contributed by atoms with Crippen molar-refractivity contribution in [2.75, 3.05) is 52.6 Å². The van der Waals surface area contributed by atoms with Crippen molar-refractivity contribution in [2.45, 2.75) is 26.1 Å². The summed E-state index contributed by atoms with van der Waals surface area (Å²) < 4.78 is 10.6. The maximum atomic E-state index is 9.75. The first-order valence-electron chi connectivity index (χ1n) is 6.60. The molecule has 2 unspecified atom stereocenters. The van der Waals surface area contributed by atoms with Crippen LogP contribution in [0.2, 0.25) is 0 Å². The summed E-state index contributed by atoms with van der Waals surface area (Å²) in [6, 6.07) is 0. The molecule has 110 valence electrons. The molecular weight excluding hydrogens is 236 g/mol. The lowest BCUT2D eigenvalue weighted by Gasteiger charge is -2.24. The number of aliphatic hydroxyl groups excluding tert-OH is 2. The van der Waals surface area contributed by atoms with Crippen molar-refractivity contribution in [1.29, 1.82) is 0 Å². The highest BCUT2D eigenvalue weighted by atomic mass is 16.5. The molecule has 0 saturated carbocycles. The van der Waals surface area contributed by atoms with E-state index in [1.165, 1.54) is 0 Å². The van der Waals surface area contributed by atoms with Crippen LogP contribution in [-0.4, -0.2) is 79.9 Å². The fraction of sp³-hybridized carbons (Fsp3) is 1.00. The van der Waals surface area contributed by atoms with Gasteiger partial charge in [-0.25, -0.2) is 0 Å². The Labute approximate surface area is 110 Å². The third kappa shape index (κ3) is 7.97. The van der Waals surface area contributed by atoms with E-state index < -0.39 is 12.2 Å². The lowest BCUT2D eigenvalue weighted by molar-refractivity contribution is -0.0924. The molecule has 6 nitrogen and oxygen atoms in total. The molecule has 0 spiro atoms. The minimum atomic E-state index is -0.821. The molecule has 0 fully saturated rings. The number of hydrogen-bond acceptors (Lipinski definition) is 6. The predicted octanol–water partition coefficient (Wildman–Crippen LogP) is -0.958. The highest BCUT2D eigenvalue weighted by Gasteiger charge is 2.19. The van der Waals surface area contributed by atoms with E-state index in [0.29, 0.717) is 19.8 Å². The van der Waals surface area contributed by atoms with Crippen LogP contribution >= 0.6 is 0 Å². The fourth-order valence-electron chi connectivity index (χ4n) is 1.55. The molecule has 0 amide bonds. The van der Waals surface area contributed by atoms with Gasteiger partial charge in [-0.15, -0.1) is 0 Å². The lowest BCUT2D eigenvalue weighted by atomic mass is 10.2. The summed E-state index contributed by atoms with van der Waals surface area (Å²) in [7, 11) is 0. The Balaban J connectivity index is 3.80. The van der Waals surface area contributed by atoms with E-state index in [9.17, 15) is 5.11 Å². The van der Waals surface area contributed by atoms with Crippen LogP contribution in [-0.2, 0) is 9.47 Å². The molecule has 6 heteroatoms.